The van der Waals surface area contributed by atoms with Gasteiger partial charge in [0, 0.05) is 12.3 Å². The largest absolute Gasteiger partial charge is 0.327 e. The molecule has 17 heavy (non-hydrogen) atoms. The fraction of sp³-hybridized carbons (Fsp3) is 0.909. The highest BCUT2D eigenvalue weighted by atomic mass is 32.9. The number of nitrogens with zero attached hydrogens (tertiary/aromatic N) is 1. The van der Waals surface area contributed by atoms with E-state index in [2.05, 4.69) is 37.8 Å². The summed E-state index contributed by atoms with van der Waals surface area (Å²) in [5, 5.41) is 3.18. The second kappa shape index (κ2) is 9.37. The summed E-state index contributed by atoms with van der Waals surface area (Å²) in [6.45, 7) is 12.1. The topological polar surface area (TPSA) is 33.6 Å². The van der Waals surface area contributed by atoms with Crippen LogP contribution in [0, 0.1) is 11.8 Å². The molecular weight excluding hydrogens is 271 g/mol. The maximum absolute atomic E-state index is 5.67. The lowest BCUT2D eigenvalue weighted by molar-refractivity contribution is 0.383. The standard InChI is InChI=1S/C11H25N2OPS2/c1-6-14-15(16,17-8-11(4)5)13-9-12-7-10(2)3/h9-11H,6-8H2,1-5H3,(H,12,13,16). The summed E-state index contributed by atoms with van der Waals surface area (Å²) in [6, 6.07) is 0. The lowest BCUT2D eigenvalue weighted by Gasteiger charge is -2.21. The van der Waals surface area contributed by atoms with E-state index >= 15 is 0 Å². The van der Waals surface area contributed by atoms with Gasteiger partial charge in [0.2, 0.25) is 5.62 Å². The van der Waals surface area contributed by atoms with Crippen molar-refractivity contribution in [1.29, 1.82) is 0 Å². The molecule has 0 fully saturated rings. The van der Waals surface area contributed by atoms with Crippen molar-refractivity contribution in [2.45, 2.75) is 34.6 Å². The van der Waals surface area contributed by atoms with Gasteiger partial charge in [-0.1, -0.05) is 39.1 Å². The number of aliphatic imine (C=N–C) groups is 1. The molecule has 1 atom stereocenters. The normalized spacial score (nSPS) is 15.7. The zero-order valence-corrected chi connectivity index (χ0v) is 14.0. The molecule has 0 aliphatic rings. The molecule has 6 heteroatoms. The SMILES string of the molecule is CCOP(=S)(NC=NCC(C)C)SCC(C)C. The Kier molecular flexibility index (Phi) is 9.61. The van der Waals surface area contributed by atoms with Crippen molar-refractivity contribution >= 4 is 35.1 Å². The van der Waals surface area contributed by atoms with E-state index in [0.29, 0.717) is 18.4 Å². The first kappa shape index (κ1) is 17.4. The highest BCUT2D eigenvalue weighted by Gasteiger charge is 2.16. The fourth-order valence-electron chi connectivity index (χ4n) is 0.904. The first-order valence-electron chi connectivity index (χ1n) is 6.04. The quantitative estimate of drug-likeness (QED) is 0.397. The van der Waals surface area contributed by atoms with Gasteiger partial charge in [0.15, 0.2) is 0 Å². The van der Waals surface area contributed by atoms with Crippen molar-refractivity contribution in [3.05, 3.63) is 0 Å². The molecule has 0 heterocycles. The minimum atomic E-state index is -1.98. The van der Waals surface area contributed by atoms with E-state index in [-0.39, 0.29) is 0 Å². The summed E-state index contributed by atoms with van der Waals surface area (Å²) < 4.78 is 5.67. The maximum Gasteiger partial charge on any atom is 0.211 e. The van der Waals surface area contributed by atoms with Crippen molar-refractivity contribution in [1.82, 2.24) is 5.09 Å². The van der Waals surface area contributed by atoms with Crippen molar-refractivity contribution < 1.29 is 4.52 Å². The summed E-state index contributed by atoms with van der Waals surface area (Å²) in [7, 11) is 0. The molecule has 0 amide bonds. The van der Waals surface area contributed by atoms with E-state index in [1.807, 2.05) is 6.92 Å². The molecule has 1 N–H and O–H groups in total. The minimum Gasteiger partial charge on any atom is -0.327 e. The van der Waals surface area contributed by atoms with E-state index in [9.17, 15) is 0 Å². The molecule has 0 aromatic carbocycles. The molecule has 0 bridgehead atoms. The minimum absolute atomic E-state index is 0.571. The summed E-state index contributed by atoms with van der Waals surface area (Å²) in [5.74, 6) is 2.21. The van der Waals surface area contributed by atoms with Crippen LogP contribution in [0.15, 0.2) is 4.99 Å². The van der Waals surface area contributed by atoms with E-state index in [4.69, 9.17) is 16.3 Å². The summed E-state index contributed by atoms with van der Waals surface area (Å²) in [6.07, 6.45) is 1.73. The first-order chi connectivity index (χ1) is 7.89. The van der Waals surface area contributed by atoms with Crippen LogP contribution >= 0.6 is 17.0 Å². The van der Waals surface area contributed by atoms with Gasteiger partial charge in [-0.05, 0) is 30.6 Å². The molecule has 102 valence electrons. The second-order valence-electron chi connectivity index (χ2n) is 4.62. The molecule has 0 aliphatic carbocycles. The third kappa shape index (κ3) is 10.1. The van der Waals surface area contributed by atoms with E-state index < -0.39 is 5.62 Å². The number of hydrogen-bond acceptors (Lipinski definition) is 4. The average molecular weight is 296 g/mol. The van der Waals surface area contributed by atoms with Crippen molar-refractivity contribution in [3.63, 3.8) is 0 Å². The van der Waals surface area contributed by atoms with Crippen LogP contribution in [-0.4, -0.2) is 25.2 Å². The van der Waals surface area contributed by atoms with Gasteiger partial charge in [0.05, 0.1) is 12.9 Å². The molecule has 3 nitrogen and oxygen atoms in total. The Hall–Kier alpha value is 0.430. The summed E-state index contributed by atoms with van der Waals surface area (Å²) in [5.41, 5.74) is -1.98. The van der Waals surface area contributed by atoms with Gasteiger partial charge in [0.25, 0.3) is 0 Å². The average Bonchev–Trinajstić information content (AvgIpc) is 2.22. The Labute approximate surface area is 115 Å². The molecule has 0 aromatic rings. The Morgan fingerprint density at radius 1 is 1.35 bits per heavy atom. The molecule has 0 radical (unpaired) electrons. The van der Waals surface area contributed by atoms with Crippen LogP contribution in [0.1, 0.15) is 34.6 Å². The van der Waals surface area contributed by atoms with Crippen molar-refractivity contribution in [2.75, 3.05) is 18.9 Å². The molecule has 0 spiro atoms. The predicted octanol–water partition coefficient (Wildman–Crippen LogP) is 3.91. The molecule has 0 aromatic heterocycles. The van der Waals surface area contributed by atoms with Gasteiger partial charge < -0.3 is 9.61 Å². The highest BCUT2D eigenvalue weighted by molar-refractivity contribution is 8.68. The predicted molar refractivity (Wildman–Crippen MR) is 84.5 cm³/mol. The van der Waals surface area contributed by atoms with E-state index in [1.165, 1.54) is 0 Å². The van der Waals surface area contributed by atoms with Gasteiger partial charge >= 0.3 is 0 Å². The lowest BCUT2D eigenvalue weighted by atomic mass is 10.2. The van der Waals surface area contributed by atoms with Gasteiger partial charge in [0.1, 0.15) is 0 Å². The smallest absolute Gasteiger partial charge is 0.211 e. The Morgan fingerprint density at radius 3 is 2.47 bits per heavy atom. The second-order valence-corrected chi connectivity index (χ2v) is 11.3. The van der Waals surface area contributed by atoms with Crippen LogP contribution < -0.4 is 5.09 Å². The number of hydrogen-bond donors (Lipinski definition) is 1. The molecule has 1 unspecified atom stereocenters. The van der Waals surface area contributed by atoms with Crippen molar-refractivity contribution in [2.24, 2.45) is 16.8 Å². The zero-order valence-electron chi connectivity index (χ0n) is 11.5. The van der Waals surface area contributed by atoms with Gasteiger partial charge in [-0.2, -0.15) is 0 Å². The molecule has 0 saturated heterocycles. The Morgan fingerprint density at radius 2 is 2.00 bits per heavy atom. The molecule has 0 rings (SSSR count). The monoisotopic (exact) mass is 296 g/mol. The third-order valence-electron chi connectivity index (χ3n) is 1.65. The van der Waals surface area contributed by atoms with Gasteiger partial charge in [-0.25, -0.2) is 0 Å². The van der Waals surface area contributed by atoms with Gasteiger partial charge in [-0.3, -0.25) is 4.99 Å². The summed E-state index contributed by atoms with van der Waals surface area (Å²) in [4.78, 5) is 4.30. The number of nitrogens with one attached hydrogen (secondary N) is 1. The van der Waals surface area contributed by atoms with Crippen LogP contribution in [0.25, 0.3) is 0 Å². The Bertz CT molecular complexity index is 270. The first-order valence-corrected chi connectivity index (χ1v) is 10.4. The fourth-order valence-corrected chi connectivity index (χ4v) is 5.58. The van der Waals surface area contributed by atoms with Crippen LogP contribution in [0.5, 0.6) is 0 Å². The number of rotatable bonds is 9. The van der Waals surface area contributed by atoms with Crippen LogP contribution in [-0.2, 0) is 16.3 Å². The van der Waals surface area contributed by atoms with E-state index in [1.54, 1.807) is 17.7 Å². The van der Waals surface area contributed by atoms with Crippen LogP contribution in [0.4, 0.5) is 0 Å². The van der Waals surface area contributed by atoms with Gasteiger partial charge in [-0.15, -0.1) is 0 Å². The molecule has 0 aliphatic heterocycles. The summed E-state index contributed by atoms with van der Waals surface area (Å²) >= 11 is 7.26. The van der Waals surface area contributed by atoms with Crippen LogP contribution in [0.2, 0.25) is 0 Å². The zero-order chi connectivity index (χ0) is 13.3. The molecule has 0 saturated carbocycles. The maximum atomic E-state index is 5.67. The lowest BCUT2D eigenvalue weighted by Crippen LogP contribution is -2.10. The highest BCUT2D eigenvalue weighted by Crippen LogP contribution is 2.56. The Balaban J connectivity index is 4.20. The molecular formula is C11H25N2OPS2. The van der Waals surface area contributed by atoms with E-state index in [0.717, 1.165) is 12.3 Å². The third-order valence-corrected chi connectivity index (χ3v) is 7.52. The van der Waals surface area contributed by atoms with Crippen molar-refractivity contribution in [3.8, 4) is 0 Å². The van der Waals surface area contributed by atoms with Crippen LogP contribution in [0.3, 0.4) is 0 Å².